The van der Waals surface area contributed by atoms with E-state index in [1.54, 1.807) is 12.1 Å². The Balaban J connectivity index is 1.61. The van der Waals surface area contributed by atoms with Crippen LogP contribution in [0.15, 0.2) is 42.5 Å². The summed E-state index contributed by atoms with van der Waals surface area (Å²) < 4.78 is 18.0. The van der Waals surface area contributed by atoms with E-state index >= 15 is 0 Å². The highest BCUT2D eigenvalue weighted by Crippen LogP contribution is 2.32. The molecule has 0 radical (unpaired) electrons. The van der Waals surface area contributed by atoms with Crippen LogP contribution in [0.3, 0.4) is 0 Å². The van der Waals surface area contributed by atoms with Crippen LogP contribution in [0.1, 0.15) is 10.4 Å². The molecule has 1 saturated heterocycles. The van der Waals surface area contributed by atoms with E-state index < -0.39 is 16.6 Å². The van der Waals surface area contributed by atoms with Gasteiger partial charge in [-0.25, -0.2) is 4.39 Å². The maximum Gasteiger partial charge on any atom is 0.296 e. The van der Waals surface area contributed by atoms with Gasteiger partial charge in [-0.1, -0.05) is 0 Å². The normalized spacial score (nSPS) is 13.7. The second-order valence-electron chi connectivity index (χ2n) is 6.35. The molecule has 10 heteroatoms. The maximum atomic E-state index is 13.0. The fourth-order valence-corrected chi connectivity index (χ4v) is 3.32. The number of amides is 1. The van der Waals surface area contributed by atoms with Gasteiger partial charge in [0, 0.05) is 31.7 Å². The van der Waals surface area contributed by atoms with Crippen LogP contribution in [0.2, 0.25) is 0 Å². The molecule has 1 fully saturated rings. The highest BCUT2D eigenvalue weighted by Gasteiger charge is 2.25. The zero-order valence-corrected chi connectivity index (χ0v) is 16.4. The molecular weight excluding hydrogens is 399 g/mol. The Kier molecular flexibility index (Phi) is 6.23. The Hall–Kier alpha value is -3.27. The molecule has 0 saturated carbocycles. The minimum atomic E-state index is -0.433. The number of anilines is 1. The van der Waals surface area contributed by atoms with Gasteiger partial charge in [0.2, 0.25) is 0 Å². The Morgan fingerprint density at radius 2 is 1.83 bits per heavy atom. The summed E-state index contributed by atoms with van der Waals surface area (Å²) in [4.78, 5) is 26.9. The van der Waals surface area contributed by atoms with Crippen LogP contribution in [0.5, 0.6) is 5.75 Å². The molecule has 0 aromatic heterocycles. The minimum absolute atomic E-state index is 0.0232. The lowest BCUT2D eigenvalue weighted by atomic mass is 10.2. The van der Waals surface area contributed by atoms with Gasteiger partial charge in [-0.2, -0.15) is 0 Å². The molecule has 1 aliphatic rings. The SMILES string of the molecule is COc1ccc(N2CCN(C(=S)NC(=O)c3ccc(F)cc3)CC2)c([N+](=O)[O-])c1. The number of hydrogen-bond acceptors (Lipinski definition) is 6. The van der Waals surface area contributed by atoms with Crippen molar-refractivity contribution in [2.45, 2.75) is 0 Å². The Morgan fingerprint density at radius 1 is 1.17 bits per heavy atom. The van der Waals surface area contributed by atoms with Crippen LogP contribution < -0.4 is 15.0 Å². The Labute approximate surface area is 172 Å². The van der Waals surface area contributed by atoms with Crippen LogP contribution in [0.25, 0.3) is 0 Å². The number of methoxy groups -OCH3 is 1. The van der Waals surface area contributed by atoms with Gasteiger partial charge in [-0.05, 0) is 48.6 Å². The van der Waals surface area contributed by atoms with Crippen molar-refractivity contribution in [2.24, 2.45) is 0 Å². The van der Waals surface area contributed by atoms with Crippen molar-refractivity contribution in [3.05, 3.63) is 64.0 Å². The molecule has 1 N–H and O–H groups in total. The number of thiocarbonyl (C=S) groups is 1. The molecule has 1 heterocycles. The van der Waals surface area contributed by atoms with Crippen LogP contribution in [0.4, 0.5) is 15.8 Å². The summed E-state index contributed by atoms with van der Waals surface area (Å²) in [5.74, 6) is -0.417. The third kappa shape index (κ3) is 4.77. The van der Waals surface area contributed by atoms with Crippen LogP contribution >= 0.6 is 12.2 Å². The number of benzene rings is 2. The van der Waals surface area contributed by atoms with Crippen LogP contribution in [0, 0.1) is 15.9 Å². The molecule has 0 bridgehead atoms. The van der Waals surface area contributed by atoms with Gasteiger partial charge in [-0.3, -0.25) is 20.2 Å². The predicted octanol–water partition coefficient (Wildman–Crippen LogP) is 2.58. The molecule has 3 rings (SSSR count). The van der Waals surface area contributed by atoms with Gasteiger partial charge in [-0.15, -0.1) is 0 Å². The zero-order valence-electron chi connectivity index (χ0n) is 15.6. The predicted molar refractivity (Wildman–Crippen MR) is 110 cm³/mol. The second-order valence-corrected chi connectivity index (χ2v) is 6.74. The largest absolute Gasteiger partial charge is 0.496 e. The van der Waals surface area contributed by atoms with Gasteiger partial charge in [0.1, 0.15) is 17.3 Å². The number of nitrogens with zero attached hydrogens (tertiary/aromatic N) is 3. The summed E-state index contributed by atoms with van der Waals surface area (Å²) in [7, 11) is 1.46. The summed E-state index contributed by atoms with van der Waals surface area (Å²) in [5.41, 5.74) is 0.794. The van der Waals surface area contributed by atoms with E-state index in [9.17, 15) is 19.3 Å². The molecule has 2 aromatic rings. The number of nitro groups is 1. The summed E-state index contributed by atoms with van der Waals surface area (Å²) in [6.45, 7) is 1.98. The van der Waals surface area contributed by atoms with Crippen LogP contribution in [-0.4, -0.2) is 54.1 Å². The fraction of sp³-hybridized carbons (Fsp3) is 0.263. The summed E-state index contributed by atoms with van der Waals surface area (Å²) in [6, 6.07) is 9.93. The lowest BCUT2D eigenvalue weighted by Gasteiger charge is -2.37. The first-order valence-electron chi connectivity index (χ1n) is 8.82. The van der Waals surface area contributed by atoms with E-state index in [1.165, 1.54) is 37.4 Å². The van der Waals surface area contributed by atoms with E-state index in [0.29, 0.717) is 43.2 Å². The molecule has 29 heavy (non-hydrogen) atoms. The number of nitrogens with one attached hydrogen (secondary N) is 1. The molecule has 2 aromatic carbocycles. The monoisotopic (exact) mass is 418 g/mol. The summed E-state index contributed by atoms with van der Waals surface area (Å²) in [6.07, 6.45) is 0. The van der Waals surface area contributed by atoms with E-state index in [2.05, 4.69) is 5.32 Å². The van der Waals surface area contributed by atoms with Crippen molar-refractivity contribution in [3.63, 3.8) is 0 Å². The molecule has 1 aliphatic heterocycles. The molecule has 0 unspecified atom stereocenters. The highest BCUT2D eigenvalue weighted by atomic mass is 32.1. The minimum Gasteiger partial charge on any atom is -0.496 e. The number of hydrogen-bond donors (Lipinski definition) is 1. The van der Waals surface area contributed by atoms with Crippen LogP contribution in [-0.2, 0) is 0 Å². The molecule has 0 spiro atoms. The third-order valence-corrected chi connectivity index (χ3v) is 4.97. The van der Waals surface area contributed by atoms with Crippen molar-refractivity contribution >= 4 is 34.6 Å². The lowest BCUT2D eigenvalue weighted by Crippen LogP contribution is -2.52. The third-order valence-electron chi connectivity index (χ3n) is 4.61. The average molecular weight is 418 g/mol. The van der Waals surface area contributed by atoms with Crippen molar-refractivity contribution in [1.29, 1.82) is 0 Å². The molecule has 0 atom stereocenters. The van der Waals surface area contributed by atoms with Gasteiger partial charge >= 0.3 is 0 Å². The van der Waals surface area contributed by atoms with Crippen molar-refractivity contribution < 1.29 is 18.8 Å². The first-order valence-corrected chi connectivity index (χ1v) is 9.23. The number of halogens is 1. The number of ether oxygens (including phenoxy) is 1. The average Bonchev–Trinajstić information content (AvgIpc) is 2.73. The van der Waals surface area contributed by atoms with E-state index in [4.69, 9.17) is 17.0 Å². The number of carbonyl (C=O) groups is 1. The Bertz CT molecular complexity index is 930. The van der Waals surface area contributed by atoms with Gasteiger partial charge in [0.05, 0.1) is 18.1 Å². The molecule has 1 amide bonds. The molecule has 0 aliphatic carbocycles. The Morgan fingerprint density at radius 3 is 2.41 bits per heavy atom. The topological polar surface area (TPSA) is 88.0 Å². The zero-order chi connectivity index (χ0) is 21.0. The van der Waals surface area contributed by atoms with E-state index in [1.807, 2.05) is 9.80 Å². The summed E-state index contributed by atoms with van der Waals surface area (Å²) in [5, 5.41) is 14.3. The number of carbonyl (C=O) groups excluding carboxylic acids is 1. The fourth-order valence-electron chi connectivity index (χ4n) is 3.04. The molecular formula is C19H19FN4O4S. The highest BCUT2D eigenvalue weighted by molar-refractivity contribution is 7.80. The maximum absolute atomic E-state index is 13.0. The number of piperazine rings is 1. The second kappa shape index (κ2) is 8.82. The smallest absolute Gasteiger partial charge is 0.296 e. The van der Waals surface area contributed by atoms with Gasteiger partial charge in [0.15, 0.2) is 5.11 Å². The van der Waals surface area contributed by atoms with Crippen molar-refractivity contribution in [2.75, 3.05) is 38.2 Å². The van der Waals surface area contributed by atoms with Crippen molar-refractivity contribution in [3.8, 4) is 5.75 Å². The van der Waals surface area contributed by atoms with E-state index in [0.717, 1.165) is 0 Å². The lowest BCUT2D eigenvalue weighted by molar-refractivity contribution is -0.384. The van der Waals surface area contributed by atoms with Crippen molar-refractivity contribution in [1.82, 2.24) is 10.2 Å². The summed E-state index contributed by atoms with van der Waals surface area (Å²) >= 11 is 5.31. The number of rotatable bonds is 4. The van der Waals surface area contributed by atoms with Gasteiger partial charge in [0.25, 0.3) is 11.6 Å². The van der Waals surface area contributed by atoms with E-state index in [-0.39, 0.29) is 10.8 Å². The standard InChI is InChI=1S/C19H19FN4O4S/c1-28-15-6-7-16(17(12-15)24(26)27)22-8-10-23(11-9-22)19(29)21-18(25)13-2-4-14(20)5-3-13/h2-7,12H,8-11H2,1H3,(H,21,25,29). The first-order chi connectivity index (χ1) is 13.9. The molecule has 152 valence electrons. The first kappa shape index (κ1) is 20.5. The quantitative estimate of drug-likeness (QED) is 0.464. The molecule has 8 nitrogen and oxygen atoms in total. The number of nitro benzene ring substituents is 1. The van der Waals surface area contributed by atoms with Gasteiger partial charge < -0.3 is 14.5 Å².